The summed E-state index contributed by atoms with van der Waals surface area (Å²) in [5.41, 5.74) is 2.14. The fraction of sp³-hybridized carbons (Fsp3) is 0.273. The maximum absolute atomic E-state index is 12.5. The van der Waals surface area contributed by atoms with Crippen LogP contribution in [-0.4, -0.2) is 34.6 Å². The van der Waals surface area contributed by atoms with Crippen LogP contribution in [0, 0.1) is 6.92 Å². The van der Waals surface area contributed by atoms with Gasteiger partial charge in [-0.2, -0.15) is 0 Å². The molecule has 0 aliphatic rings. The van der Waals surface area contributed by atoms with Gasteiger partial charge in [-0.1, -0.05) is 0 Å². The number of aromatic nitrogens is 2. The summed E-state index contributed by atoms with van der Waals surface area (Å²) >= 11 is 0. The molecule has 3 aromatic rings. The van der Waals surface area contributed by atoms with Gasteiger partial charge < -0.3 is 19.4 Å². The number of nitrogens with one attached hydrogen (secondary N) is 1. The van der Waals surface area contributed by atoms with Crippen molar-refractivity contribution in [3.63, 3.8) is 0 Å². The third kappa shape index (κ3) is 4.32. The first-order valence-electron chi connectivity index (χ1n) is 9.51. The van der Waals surface area contributed by atoms with Crippen LogP contribution in [0.5, 0.6) is 5.75 Å². The number of carbonyl (C=O) groups excluding carboxylic acids is 2. The van der Waals surface area contributed by atoms with Gasteiger partial charge in [0.25, 0.3) is 11.5 Å². The number of methoxy groups -OCH3 is 1. The number of aryl methyl sites for hydroxylation is 2. The van der Waals surface area contributed by atoms with Crippen molar-refractivity contribution in [1.29, 1.82) is 0 Å². The van der Waals surface area contributed by atoms with Gasteiger partial charge in [0, 0.05) is 12.2 Å². The molecule has 0 fully saturated rings. The summed E-state index contributed by atoms with van der Waals surface area (Å²) in [7, 11) is 1.56. The minimum Gasteiger partial charge on any atom is -0.497 e. The molecule has 3 rings (SSSR count). The Morgan fingerprint density at radius 3 is 2.50 bits per heavy atom. The number of anilines is 1. The lowest BCUT2D eigenvalue weighted by molar-refractivity contribution is -0.123. The second-order valence-electron chi connectivity index (χ2n) is 6.72. The van der Waals surface area contributed by atoms with Crippen molar-refractivity contribution in [3.05, 3.63) is 64.1 Å². The quantitative estimate of drug-likeness (QED) is 0.629. The number of benzene rings is 2. The van der Waals surface area contributed by atoms with E-state index in [1.54, 1.807) is 61.1 Å². The van der Waals surface area contributed by atoms with Crippen LogP contribution >= 0.6 is 0 Å². The predicted octanol–water partition coefficient (Wildman–Crippen LogP) is 2.92. The number of hydrogen-bond donors (Lipinski definition) is 1. The lowest BCUT2D eigenvalue weighted by atomic mass is 10.2. The molecule has 1 aromatic heterocycles. The van der Waals surface area contributed by atoms with Gasteiger partial charge in [-0.3, -0.25) is 9.59 Å². The van der Waals surface area contributed by atoms with Gasteiger partial charge in [0.15, 0.2) is 6.10 Å². The molecule has 156 valence electrons. The number of amides is 1. The first-order valence-corrected chi connectivity index (χ1v) is 9.51. The summed E-state index contributed by atoms with van der Waals surface area (Å²) in [5.74, 6) is -0.438. The molecule has 0 aliphatic heterocycles. The molecule has 1 amide bonds. The number of hydrogen-bond acceptors (Lipinski definition) is 6. The standard InChI is InChI=1S/C22H23N3O5/c1-5-25-19-11-6-15(12-18(19)23-13(2)21(25)27)22(28)30-14(3)20(26)24-16-7-9-17(29-4)10-8-16/h6-12,14H,5H2,1-4H3,(H,24,26)/t14-/m1/s1. The van der Waals surface area contributed by atoms with E-state index < -0.39 is 18.0 Å². The van der Waals surface area contributed by atoms with Gasteiger partial charge in [0.05, 0.1) is 23.7 Å². The molecule has 0 saturated heterocycles. The lowest BCUT2D eigenvalue weighted by Crippen LogP contribution is -2.30. The minimum absolute atomic E-state index is 0.163. The van der Waals surface area contributed by atoms with Gasteiger partial charge >= 0.3 is 5.97 Å². The van der Waals surface area contributed by atoms with Crippen LogP contribution in [0.25, 0.3) is 11.0 Å². The fourth-order valence-corrected chi connectivity index (χ4v) is 3.02. The maximum atomic E-state index is 12.5. The number of ether oxygens (including phenoxy) is 2. The molecule has 30 heavy (non-hydrogen) atoms. The predicted molar refractivity (Wildman–Crippen MR) is 113 cm³/mol. The van der Waals surface area contributed by atoms with Crippen LogP contribution in [0.1, 0.15) is 29.9 Å². The monoisotopic (exact) mass is 409 g/mol. The van der Waals surface area contributed by atoms with Crippen LogP contribution < -0.4 is 15.6 Å². The average Bonchev–Trinajstić information content (AvgIpc) is 2.74. The third-order valence-corrected chi connectivity index (χ3v) is 4.67. The molecule has 8 nitrogen and oxygen atoms in total. The van der Waals surface area contributed by atoms with E-state index in [9.17, 15) is 14.4 Å². The van der Waals surface area contributed by atoms with Crippen LogP contribution in [0.2, 0.25) is 0 Å². The average molecular weight is 409 g/mol. The SMILES string of the molecule is CCn1c(=O)c(C)nc2cc(C(=O)O[C@H](C)C(=O)Nc3ccc(OC)cc3)ccc21. The summed E-state index contributed by atoms with van der Waals surface area (Å²) < 4.78 is 12.0. The molecule has 0 unspecified atom stereocenters. The van der Waals surface area contributed by atoms with Crippen molar-refractivity contribution in [2.24, 2.45) is 0 Å². The van der Waals surface area contributed by atoms with Crippen LogP contribution in [-0.2, 0) is 16.1 Å². The summed E-state index contributed by atoms with van der Waals surface area (Å²) in [5, 5.41) is 2.69. The van der Waals surface area contributed by atoms with E-state index in [1.165, 1.54) is 6.92 Å². The Kier molecular flexibility index (Phi) is 6.15. The molecular formula is C22H23N3O5. The van der Waals surface area contributed by atoms with Crippen molar-refractivity contribution < 1.29 is 19.1 Å². The molecule has 1 atom stereocenters. The Hall–Kier alpha value is -3.68. The number of nitrogens with zero attached hydrogens (tertiary/aromatic N) is 2. The van der Waals surface area contributed by atoms with Crippen molar-refractivity contribution in [2.75, 3.05) is 12.4 Å². The molecule has 0 radical (unpaired) electrons. The molecule has 1 heterocycles. The topological polar surface area (TPSA) is 99.5 Å². The zero-order chi connectivity index (χ0) is 21.8. The zero-order valence-electron chi connectivity index (χ0n) is 17.3. The Balaban J connectivity index is 1.74. The Morgan fingerprint density at radius 2 is 1.87 bits per heavy atom. The van der Waals surface area contributed by atoms with Crippen LogP contribution in [0.3, 0.4) is 0 Å². The largest absolute Gasteiger partial charge is 0.497 e. The van der Waals surface area contributed by atoms with Crippen LogP contribution in [0.4, 0.5) is 5.69 Å². The van der Waals surface area contributed by atoms with E-state index in [-0.39, 0.29) is 11.1 Å². The van der Waals surface area contributed by atoms with E-state index in [0.29, 0.717) is 34.7 Å². The fourth-order valence-electron chi connectivity index (χ4n) is 3.02. The first kappa shape index (κ1) is 21.0. The highest BCUT2D eigenvalue weighted by Gasteiger charge is 2.20. The smallest absolute Gasteiger partial charge is 0.338 e. The lowest BCUT2D eigenvalue weighted by Gasteiger charge is -2.14. The molecule has 0 aliphatic carbocycles. The molecule has 0 spiro atoms. The minimum atomic E-state index is -1.01. The van der Waals surface area contributed by atoms with Gasteiger partial charge in [0.1, 0.15) is 11.4 Å². The van der Waals surface area contributed by atoms with Gasteiger partial charge in [-0.05, 0) is 63.2 Å². The second kappa shape index (κ2) is 8.77. The zero-order valence-corrected chi connectivity index (χ0v) is 17.3. The number of rotatable bonds is 6. The molecule has 0 saturated carbocycles. The van der Waals surface area contributed by atoms with Crippen molar-refractivity contribution in [1.82, 2.24) is 9.55 Å². The van der Waals surface area contributed by atoms with Gasteiger partial charge in [-0.15, -0.1) is 0 Å². The van der Waals surface area contributed by atoms with Crippen LogP contribution in [0.15, 0.2) is 47.3 Å². The Morgan fingerprint density at radius 1 is 1.17 bits per heavy atom. The van der Waals surface area contributed by atoms with E-state index in [4.69, 9.17) is 9.47 Å². The summed E-state index contributed by atoms with van der Waals surface area (Å²) in [6.07, 6.45) is -1.01. The van der Waals surface area contributed by atoms with E-state index in [0.717, 1.165) is 0 Å². The van der Waals surface area contributed by atoms with E-state index in [1.807, 2.05) is 6.92 Å². The summed E-state index contributed by atoms with van der Waals surface area (Å²) in [6, 6.07) is 11.6. The highest BCUT2D eigenvalue weighted by molar-refractivity contribution is 5.98. The molecule has 1 N–H and O–H groups in total. The highest BCUT2D eigenvalue weighted by atomic mass is 16.5. The van der Waals surface area contributed by atoms with Crippen molar-refractivity contribution in [2.45, 2.75) is 33.4 Å². The van der Waals surface area contributed by atoms with E-state index in [2.05, 4.69) is 10.3 Å². The highest BCUT2D eigenvalue weighted by Crippen LogP contribution is 2.17. The number of esters is 1. The van der Waals surface area contributed by atoms with Crippen molar-refractivity contribution in [3.8, 4) is 5.75 Å². The number of carbonyl (C=O) groups is 2. The summed E-state index contributed by atoms with van der Waals surface area (Å²) in [4.78, 5) is 41.3. The van der Waals surface area contributed by atoms with Gasteiger partial charge in [0.2, 0.25) is 0 Å². The Bertz CT molecular complexity index is 1150. The summed E-state index contributed by atoms with van der Waals surface area (Å²) in [6.45, 7) is 5.48. The maximum Gasteiger partial charge on any atom is 0.338 e. The Labute approximate surface area is 173 Å². The number of fused-ring (bicyclic) bond motifs is 1. The van der Waals surface area contributed by atoms with E-state index >= 15 is 0 Å². The third-order valence-electron chi connectivity index (χ3n) is 4.67. The first-order chi connectivity index (χ1) is 14.3. The second-order valence-corrected chi connectivity index (χ2v) is 6.72. The molecule has 2 aromatic carbocycles. The van der Waals surface area contributed by atoms with Crippen molar-refractivity contribution >= 4 is 28.6 Å². The normalized spacial score (nSPS) is 11.7. The molecule has 8 heteroatoms. The molecular weight excluding hydrogens is 386 g/mol. The molecule has 0 bridgehead atoms. The van der Waals surface area contributed by atoms with Gasteiger partial charge in [-0.25, -0.2) is 9.78 Å².